The molecule has 1 amide bonds. The number of carbonyl (C=O) groups is 1. The lowest BCUT2D eigenvalue weighted by molar-refractivity contribution is -0.122. The fraction of sp³-hybridized carbons (Fsp3) is 0.308. The second kappa shape index (κ2) is 5.94. The molecule has 84 valence electrons. The van der Waals surface area contributed by atoms with Crippen molar-refractivity contribution in [3.8, 4) is 12.3 Å². The van der Waals surface area contributed by atoms with Crippen molar-refractivity contribution in [1.29, 1.82) is 0 Å². The third-order valence-electron chi connectivity index (χ3n) is 2.33. The highest BCUT2D eigenvalue weighted by Crippen LogP contribution is 2.11. The van der Waals surface area contributed by atoms with E-state index in [1.807, 2.05) is 37.3 Å². The first-order valence-electron chi connectivity index (χ1n) is 5.19. The van der Waals surface area contributed by atoms with Crippen LogP contribution in [0, 0.1) is 12.3 Å². The summed E-state index contributed by atoms with van der Waals surface area (Å²) in [5.41, 5.74) is 6.64. The first kappa shape index (κ1) is 12.3. The molecular formula is C13H16N2O. The minimum Gasteiger partial charge on any atom is -0.348 e. The highest BCUT2D eigenvalue weighted by Gasteiger charge is 2.15. The number of carbonyl (C=O) groups excluding carboxylic acids is 1. The second-order valence-electron chi connectivity index (χ2n) is 3.66. The van der Waals surface area contributed by atoms with Crippen LogP contribution in [0.15, 0.2) is 30.3 Å². The maximum absolute atomic E-state index is 11.6. The van der Waals surface area contributed by atoms with Crippen LogP contribution in [0.25, 0.3) is 0 Å². The predicted octanol–water partition coefficient (Wildman–Crippen LogP) is 1.21. The van der Waals surface area contributed by atoms with Gasteiger partial charge in [0.05, 0.1) is 12.1 Å². The van der Waals surface area contributed by atoms with E-state index in [1.54, 1.807) is 0 Å². The van der Waals surface area contributed by atoms with E-state index in [4.69, 9.17) is 12.2 Å². The number of hydrogen-bond acceptors (Lipinski definition) is 2. The van der Waals surface area contributed by atoms with Crippen molar-refractivity contribution >= 4 is 5.91 Å². The van der Waals surface area contributed by atoms with E-state index in [2.05, 4.69) is 11.2 Å². The number of terminal acetylenes is 1. The van der Waals surface area contributed by atoms with E-state index in [0.717, 1.165) is 5.56 Å². The van der Waals surface area contributed by atoms with Crippen LogP contribution in [0.2, 0.25) is 0 Å². The van der Waals surface area contributed by atoms with Gasteiger partial charge in [0.15, 0.2) is 0 Å². The van der Waals surface area contributed by atoms with Gasteiger partial charge in [-0.05, 0) is 12.5 Å². The predicted molar refractivity (Wildman–Crippen MR) is 64.4 cm³/mol. The molecule has 1 rings (SSSR count). The molecule has 0 fully saturated rings. The van der Waals surface area contributed by atoms with Crippen LogP contribution in [0.4, 0.5) is 0 Å². The Morgan fingerprint density at radius 2 is 2.12 bits per heavy atom. The molecular weight excluding hydrogens is 200 g/mol. The molecule has 1 aromatic rings. The first-order valence-corrected chi connectivity index (χ1v) is 5.19. The van der Waals surface area contributed by atoms with Gasteiger partial charge < -0.3 is 11.1 Å². The molecule has 0 heterocycles. The molecule has 0 aliphatic heterocycles. The third-order valence-corrected chi connectivity index (χ3v) is 2.33. The van der Waals surface area contributed by atoms with Gasteiger partial charge in [-0.15, -0.1) is 12.3 Å². The fourth-order valence-electron chi connectivity index (χ4n) is 1.37. The summed E-state index contributed by atoms with van der Waals surface area (Å²) in [6, 6.07) is 9.02. The van der Waals surface area contributed by atoms with Gasteiger partial charge in [0, 0.05) is 6.42 Å². The van der Waals surface area contributed by atoms with Gasteiger partial charge in [-0.25, -0.2) is 0 Å². The molecule has 0 aromatic heterocycles. The van der Waals surface area contributed by atoms with E-state index >= 15 is 0 Å². The first-order chi connectivity index (χ1) is 7.65. The molecule has 3 heteroatoms. The van der Waals surface area contributed by atoms with Crippen molar-refractivity contribution in [2.24, 2.45) is 5.73 Å². The standard InChI is InChI=1S/C13H16N2O/c1-3-7-12(14)13(16)15-10(2)11-8-5-4-6-9-11/h1,4-6,8-10,12H,7,14H2,2H3,(H,15,16). The molecule has 3 nitrogen and oxygen atoms in total. The zero-order valence-electron chi connectivity index (χ0n) is 9.31. The zero-order valence-corrected chi connectivity index (χ0v) is 9.31. The molecule has 3 N–H and O–H groups in total. The highest BCUT2D eigenvalue weighted by atomic mass is 16.2. The third kappa shape index (κ3) is 3.41. The smallest absolute Gasteiger partial charge is 0.238 e. The zero-order chi connectivity index (χ0) is 12.0. The Morgan fingerprint density at radius 3 is 2.69 bits per heavy atom. The van der Waals surface area contributed by atoms with Crippen molar-refractivity contribution in [3.05, 3.63) is 35.9 Å². The Kier molecular flexibility index (Phi) is 4.56. The van der Waals surface area contributed by atoms with Gasteiger partial charge in [-0.3, -0.25) is 4.79 Å². The van der Waals surface area contributed by atoms with Crippen molar-refractivity contribution in [2.75, 3.05) is 0 Å². The molecule has 2 atom stereocenters. The van der Waals surface area contributed by atoms with Crippen LogP contribution >= 0.6 is 0 Å². The Morgan fingerprint density at radius 1 is 1.50 bits per heavy atom. The molecule has 0 aliphatic rings. The fourth-order valence-corrected chi connectivity index (χ4v) is 1.37. The molecule has 0 bridgehead atoms. The summed E-state index contributed by atoms with van der Waals surface area (Å²) in [6.07, 6.45) is 5.36. The molecule has 0 radical (unpaired) electrons. The number of hydrogen-bond donors (Lipinski definition) is 2. The van der Waals surface area contributed by atoms with Gasteiger partial charge in [0.25, 0.3) is 0 Å². The Bertz CT molecular complexity index is 381. The average molecular weight is 216 g/mol. The van der Waals surface area contributed by atoms with Crippen molar-refractivity contribution in [2.45, 2.75) is 25.4 Å². The summed E-state index contributed by atoms with van der Waals surface area (Å²) in [5, 5.41) is 2.82. The number of benzene rings is 1. The van der Waals surface area contributed by atoms with Crippen LogP contribution in [0.3, 0.4) is 0 Å². The van der Waals surface area contributed by atoms with Crippen LogP contribution in [0.5, 0.6) is 0 Å². The number of rotatable bonds is 4. The summed E-state index contributed by atoms with van der Waals surface area (Å²) in [5.74, 6) is 2.16. The average Bonchev–Trinajstić information content (AvgIpc) is 2.30. The maximum Gasteiger partial charge on any atom is 0.238 e. The molecule has 0 aliphatic carbocycles. The van der Waals surface area contributed by atoms with Crippen molar-refractivity contribution in [1.82, 2.24) is 5.32 Å². The molecule has 1 aromatic carbocycles. The van der Waals surface area contributed by atoms with E-state index in [0.29, 0.717) is 0 Å². The minimum absolute atomic E-state index is 0.0578. The SMILES string of the molecule is C#CCC(N)C(=O)NC(C)c1ccccc1. The maximum atomic E-state index is 11.6. The molecule has 0 spiro atoms. The summed E-state index contributed by atoms with van der Waals surface area (Å²) < 4.78 is 0. The Labute approximate surface area is 96.0 Å². The highest BCUT2D eigenvalue weighted by molar-refractivity contribution is 5.82. The van der Waals surface area contributed by atoms with E-state index in [1.165, 1.54) is 0 Å². The van der Waals surface area contributed by atoms with Crippen LogP contribution in [-0.4, -0.2) is 11.9 Å². The van der Waals surface area contributed by atoms with Gasteiger partial charge >= 0.3 is 0 Å². The summed E-state index contributed by atoms with van der Waals surface area (Å²) in [4.78, 5) is 11.6. The lowest BCUT2D eigenvalue weighted by Gasteiger charge is -2.16. The Hall–Kier alpha value is -1.79. The quantitative estimate of drug-likeness (QED) is 0.743. The van der Waals surface area contributed by atoms with E-state index < -0.39 is 6.04 Å². The normalized spacial score (nSPS) is 13.6. The Balaban J connectivity index is 2.56. The van der Waals surface area contributed by atoms with Crippen LogP contribution in [0.1, 0.15) is 24.9 Å². The van der Waals surface area contributed by atoms with Crippen molar-refractivity contribution < 1.29 is 4.79 Å². The monoisotopic (exact) mass is 216 g/mol. The summed E-state index contributed by atoms with van der Waals surface area (Å²) in [7, 11) is 0. The molecule has 16 heavy (non-hydrogen) atoms. The number of nitrogens with two attached hydrogens (primary N) is 1. The largest absolute Gasteiger partial charge is 0.348 e. The molecule has 0 saturated heterocycles. The topological polar surface area (TPSA) is 55.1 Å². The van der Waals surface area contributed by atoms with Crippen LogP contribution < -0.4 is 11.1 Å². The van der Waals surface area contributed by atoms with Crippen LogP contribution in [-0.2, 0) is 4.79 Å². The van der Waals surface area contributed by atoms with E-state index in [9.17, 15) is 4.79 Å². The molecule has 0 saturated carbocycles. The number of amides is 1. The van der Waals surface area contributed by atoms with Gasteiger partial charge in [-0.1, -0.05) is 30.3 Å². The summed E-state index contributed by atoms with van der Waals surface area (Å²) in [6.45, 7) is 1.91. The lowest BCUT2D eigenvalue weighted by atomic mass is 10.1. The van der Waals surface area contributed by atoms with Crippen molar-refractivity contribution in [3.63, 3.8) is 0 Å². The van der Waals surface area contributed by atoms with Gasteiger partial charge in [0.2, 0.25) is 5.91 Å². The minimum atomic E-state index is -0.629. The second-order valence-corrected chi connectivity index (χ2v) is 3.66. The number of nitrogens with one attached hydrogen (secondary N) is 1. The van der Waals surface area contributed by atoms with E-state index in [-0.39, 0.29) is 18.4 Å². The lowest BCUT2D eigenvalue weighted by Crippen LogP contribution is -2.41. The summed E-state index contributed by atoms with van der Waals surface area (Å²) >= 11 is 0. The van der Waals surface area contributed by atoms with Gasteiger partial charge in [0.1, 0.15) is 0 Å². The molecule has 2 unspecified atom stereocenters. The van der Waals surface area contributed by atoms with Gasteiger partial charge in [-0.2, -0.15) is 0 Å².